The van der Waals surface area contributed by atoms with Gasteiger partial charge in [-0.05, 0) is 24.3 Å². The molecule has 0 saturated heterocycles. The molecule has 3 rings (SSSR count). The number of esters is 1. The minimum atomic E-state index is -0.510. The third kappa shape index (κ3) is 3.55. The van der Waals surface area contributed by atoms with Gasteiger partial charge in [-0.1, -0.05) is 40.5 Å². The van der Waals surface area contributed by atoms with Crippen LogP contribution in [0.3, 0.4) is 0 Å². The summed E-state index contributed by atoms with van der Waals surface area (Å²) < 4.78 is 7.89. The maximum absolute atomic E-state index is 12.5. The molecule has 0 aliphatic rings. The Hall–Kier alpha value is -2.11. The molecule has 0 aliphatic heterocycles. The van der Waals surface area contributed by atoms with Gasteiger partial charge in [0.05, 0.1) is 39.3 Å². The molecule has 0 fully saturated rings. The quantitative estimate of drug-likeness (QED) is 0.466. The molecule has 3 aromatic rings. The van der Waals surface area contributed by atoms with Crippen LogP contribution in [0.25, 0.3) is 10.2 Å². The lowest BCUT2D eigenvalue weighted by molar-refractivity contribution is 0.0601. The van der Waals surface area contributed by atoms with Crippen molar-refractivity contribution >= 4 is 68.0 Å². The second kappa shape index (κ2) is 7.64. The summed E-state index contributed by atoms with van der Waals surface area (Å²) in [4.78, 5) is 28.7. The highest BCUT2D eigenvalue weighted by atomic mass is 35.5. The Bertz CT molecular complexity index is 1140. The van der Waals surface area contributed by atoms with Gasteiger partial charge in [-0.25, -0.2) is 4.79 Å². The zero-order chi connectivity index (χ0) is 18.8. The largest absolute Gasteiger partial charge is 0.465 e. The molecule has 2 heterocycles. The van der Waals surface area contributed by atoms with Crippen molar-refractivity contribution in [2.24, 2.45) is 4.99 Å². The van der Waals surface area contributed by atoms with Gasteiger partial charge in [0.1, 0.15) is 4.34 Å². The Balaban J connectivity index is 2.16. The molecular formula is C17H10Cl2N2O3S2. The smallest absolute Gasteiger partial charge is 0.337 e. The fraction of sp³-hybridized carbons (Fsp3) is 0.118. The lowest BCUT2D eigenvalue weighted by Gasteiger charge is -2.01. The van der Waals surface area contributed by atoms with Crippen LogP contribution in [0.15, 0.2) is 29.3 Å². The number of fused-ring (bicyclic) bond motifs is 1. The maximum Gasteiger partial charge on any atom is 0.337 e. The van der Waals surface area contributed by atoms with Crippen LogP contribution in [0.2, 0.25) is 8.67 Å². The number of thiophene rings is 1. The van der Waals surface area contributed by atoms with Crippen molar-refractivity contribution in [1.29, 1.82) is 0 Å². The highest BCUT2D eigenvalue weighted by Crippen LogP contribution is 2.31. The molecule has 1 aromatic carbocycles. The van der Waals surface area contributed by atoms with Crippen molar-refractivity contribution in [3.63, 3.8) is 0 Å². The number of methoxy groups -OCH3 is 1. The summed E-state index contributed by atoms with van der Waals surface area (Å²) in [6.45, 7) is 0.224. The normalized spacial score (nSPS) is 11.5. The van der Waals surface area contributed by atoms with Crippen molar-refractivity contribution in [3.8, 4) is 12.3 Å². The lowest BCUT2D eigenvalue weighted by atomic mass is 10.2. The van der Waals surface area contributed by atoms with Gasteiger partial charge in [0.15, 0.2) is 4.80 Å². The molecule has 0 radical (unpaired) electrons. The van der Waals surface area contributed by atoms with E-state index in [1.807, 2.05) is 0 Å². The highest BCUT2D eigenvalue weighted by Gasteiger charge is 2.15. The van der Waals surface area contributed by atoms with E-state index in [2.05, 4.69) is 10.9 Å². The second-order valence-corrected chi connectivity index (χ2v) is 8.30. The number of thiazole rings is 1. The average molecular weight is 425 g/mol. The first-order valence-corrected chi connectivity index (χ1v) is 9.52. The van der Waals surface area contributed by atoms with Gasteiger partial charge in [0.25, 0.3) is 5.91 Å². The van der Waals surface area contributed by atoms with Crippen LogP contribution in [0.5, 0.6) is 0 Å². The third-order valence-corrected chi connectivity index (χ3v) is 5.97. The van der Waals surface area contributed by atoms with Crippen LogP contribution >= 0.6 is 45.9 Å². The summed E-state index contributed by atoms with van der Waals surface area (Å²) in [5.41, 5.74) is 1.41. The van der Waals surface area contributed by atoms with E-state index in [0.29, 0.717) is 14.7 Å². The predicted molar refractivity (Wildman–Crippen MR) is 104 cm³/mol. The Kier molecular flexibility index (Phi) is 5.49. The van der Waals surface area contributed by atoms with Gasteiger partial charge < -0.3 is 9.30 Å². The summed E-state index contributed by atoms with van der Waals surface area (Å²) in [7, 11) is 1.31. The zero-order valence-electron chi connectivity index (χ0n) is 13.3. The summed E-state index contributed by atoms with van der Waals surface area (Å²) in [6, 6.07) is 6.54. The van der Waals surface area contributed by atoms with E-state index in [0.717, 1.165) is 21.6 Å². The van der Waals surface area contributed by atoms with Gasteiger partial charge in [0, 0.05) is 0 Å². The van der Waals surface area contributed by atoms with Crippen molar-refractivity contribution in [2.75, 3.05) is 7.11 Å². The number of amides is 1. The predicted octanol–water partition coefficient (Wildman–Crippen LogP) is 4.23. The summed E-state index contributed by atoms with van der Waals surface area (Å²) in [5.74, 6) is 1.58. The SMILES string of the molecule is C#CCn1c(=NC(=O)c2cc(Cl)sc2Cl)sc2cc(C(=O)OC)ccc21. The molecule has 5 nitrogen and oxygen atoms in total. The van der Waals surface area contributed by atoms with E-state index in [-0.39, 0.29) is 16.4 Å². The van der Waals surface area contributed by atoms with Crippen LogP contribution in [-0.4, -0.2) is 23.6 Å². The molecule has 0 spiro atoms. The molecule has 0 aliphatic carbocycles. The topological polar surface area (TPSA) is 60.7 Å². The number of benzene rings is 1. The number of hydrogen-bond acceptors (Lipinski definition) is 5. The fourth-order valence-electron chi connectivity index (χ4n) is 2.28. The molecule has 1 amide bonds. The number of carbonyl (C=O) groups excluding carboxylic acids is 2. The second-order valence-electron chi connectivity index (χ2n) is 5.00. The van der Waals surface area contributed by atoms with Crippen molar-refractivity contribution < 1.29 is 14.3 Å². The van der Waals surface area contributed by atoms with Gasteiger partial charge in [-0.15, -0.1) is 17.8 Å². The first-order valence-electron chi connectivity index (χ1n) is 7.13. The van der Waals surface area contributed by atoms with E-state index in [1.54, 1.807) is 22.8 Å². The Labute approximate surface area is 166 Å². The number of halogens is 2. The van der Waals surface area contributed by atoms with Crippen molar-refractivity contribution in [2.45, 2.75) is 6.54 Å². The number of terminal acetylenes is 1. The van der Waals surface area contributed by atoms with Crippen LogP contribution < -0.4 is 4.80 Å². The fourth-order valence-corrected chi connectivity index (χ4v) is 4.80. The third-order valence-electron chi connectivity index (χ3n) is 3.44. The number of hydrogen-bond donors (Lipinski definition) is 0. The maximum atomic E-state index is 12.5. The van der Waals surface area contributed by atoms with Crippen LogP contribution in [-0.2, 0) is 11.3 Å². The van der Waals surface area contributed by atoms with E-state index in [4.69, 9.17) is 34.4 Å². The van der Waals surface area contributed by atoms with E-state index in [9.17, 15) is 9.59 Å². The molecule has 132 valence electrons. The molecule has 2 aromatic heterocycles. The number of aromatic nitrogens is 1. The van der Waals surface area contributed by atoms with Gasteiger partial charge in [-0.2, -0.15) is 4.99 Å². The average Bonchev–Trinajstić information content (AvgIpc) is 3.13. The molecule has 0 bridgehead atoms. The lowest BCUT2D eigenvalue weighted by Crippen LogP contribution is -2.16. The molecule has 9 heteroatoms. The Morgan fingerprint density at radius 3 is 2.69 bits per heavy atom. The molecule has 26 heavy (non-hydrogen) atoms. The Morgan fingerprint density at radius 1 is 1.31 bits per heavy atom. The monoisotopic (exact) mass is 424 g/mol. The number of nitrogens with zero attached hydrogens (tertiary/aromatic N) is 2. The van der Waals surface area contributed by atoms with E-state index in [1.165, 1.54) is 24.5 Å². The Morgan fingerprint density at radius 2 is 2.08 bits per heavy atom. The van der Waals surface area contributed by atoms with E-state index < -0.39 is 11.9 Å². The van der Waals surface area contributed by atoms with Crippen molar-refractivity contribution in [1.82, 2.24) is 4.57 Å². The summed E-state index contributed by atoms with van der Waals surface area (Å²) in [6.07, 6.45) is 5.44. The standard InChI is InChI=1S/C17H10Cl2N2O3S2/c1-3-6-21-11-5-4-9(16(23)24-2)7-12(11)25-17(21)20-15(22)10-8-13(18)26-14(10)19/h1,4-5,7-8H,6H2,2H3. The molecule has 0 saturated carbocycles. The van der Waals surface area contributed by atoms with Gasteiger partial charge >= 0.3 is 5.97 Å². The first kappa shape index (κ1) is 18.7. The van der Waals surface area contributed by atoms with Crippen LogP contribution in [0.4, 0.5) is 0 Å². The number of ether oxygens (including phenoxy) is 1. The minimum absolute atomic E-state index is 0.224. The van der Waals surface area contributed by atoms with Crippen LogP contribution in [0, 0.1) is 12.3 Å². The molecule has 0 atom stereocenters. The number of rotatable bonds is 3. The van der Waals surface area contributed by atoms with E-state index >= 15 is 0 Å². The molecule has 0 unspecified atom stereocenters. The summed E-state index contributed by atoms with van der Waals surface area (Å²) in [5, 5.41) is 0. The summed E-state index contributed by atoms with van der Waals surface area (Å²) >= 11 is 14.2. The number of carbonyl (C=O) groups is 2. The zero-order valence-corrected chi connectivity index (χ0v) is 16.4. The van der Waals surface area contributed by atoms with Gasteiger partial charge in [-0.3, -0.25) is 4.79 Å². The minimum Gasteiger partial charge on any atom is -0.465 e. The first-order chi connectivity index (χ1) is 12.4. The van der Waals surface area contributed by atoms with Crippen molar-refractivity contribution in [3.05, 3.63) is 48.9 Å². The molecular weight excluding hydrogens is 415 g/mol. The molecule has 0 N–H and O–H groups in total. The van der Waals surface area contributed by atoms with Crippen LogP contribution in [0.1, 0.15) is 20.7 Å². The van der Waals surface area contributed by atoms with Gasteiger partial charge in [0.2, 0.25) is 0 Å². The highest BCUT2D eigenvalue weighted by molar-refractivity contribution is 7.20.